The molecule has 2 aromatic rings. The molecule has 0 atom stereocenters. The molecule has 0 spiro atoms. The van der Waals surface area contributed by atoms with Gasteiger partial charge < -0.3 is 14.8 Å². The summed E-state index contributed by atoms with van der Waals surface area (Å²) in [5.74, 6) is 0.999. The molecule has 27 heavy (non-hydrogen) atoms. The lowest BCUT2D eigenvalue weighted by Gasteiger charge is -2.31. The fourth-order valence-corrected chi connectivity index (χ4v) is 3.33. The summed E-state index contributed by atoms with van der Waals surface area (Å²) in [6.07, 6.45) is 4.84. The Hall–Kier alpha value is -1.83. The molecule has 1 aromatic carbocycles. The van der Waals surface area contributed by atoms with Gasteiger partial charge in [-0.05, 0) is 43.4 Å². The largest absolute Gasteiger partial charge is 0.357 e. The van der Waals surface area contributed by atoms with Crippen LogP contribution in [-0.4, -0.2) is 35.1 Å². The number of hydrogen-bond acceptors (Lipinski definition) is 2. The van der Waals surface area contributed by atoms with Crippen LogP contribution in [-0.2, 0) is 19.5 Å². The molecule has 1 aliphatic rings. The summed E-state index contributed by atoms with van der Waals surface area (Å²) in [5.41, 5.74) is 2.91. The van der Waals surface area contributed by atoms with Crippen molar-refractivity contribution >= 4 is 29.9 Å². The van der Waals surface area contributed by atoms with Crippen LogP contribution in [0.25, 0.3) is 0 Å². The Morgan fingerprint density at radius 3 is 2.67 bits per heavy atom. The molecular weight excluding hydrogens is 451 g/mol. The minimum absolute atomic E-state index is 0. The van der Waals surface area contributed by atoms with Crippen molar-refractivity contribution in [1.29, 1.82) is 0 Å². The van der Waals surface area contributed by atoms with E-state index in [4.69, 9.17) is 4.99 Å². The summed E-state index contributed by atoms with van der Waals surface area (Å²) >= 11 is 0. The topological polar surface area (TPSA) is 49.6 Å². The molecule has 0 unspecified atom stereocenters. The molecule has 146 valence electrons. The highest BCUT2D eigenvalue weighted by Gasteiger charge is 2.18. The standard InChI is InChI=1S/C21H28N4O.HI/c1-2-22-21(25-16-12-18-9-3-4-10-19(18)17-25)23-13-6-8-15-24-14-7-5-11-20(24)26;/h3-5,7,9-11,14H,2,6,8,12-13,15-17H2,1H3,(H,22,23);1H. The molecule has 0 bridgehead atoms. The molecule has 0 fully saturated rings. The first-order valence-corrected chi connectivity index (χ1v) is 9.53. The number of benzene rings is 1. The summed E-state index contributed by atoms with van der Waals surface area (Å²) in [4.78, 5) is 18.9. The number of aryl methyl sites for hydroxylation is 1. The van der Waals surface area contributed by atoms with E-state index in [-0.39, 0.29) is 29.5 Å². The number of guanidine groups is 1. The van der Waals surface area contributed by atoms with E-state index in [2.05, 4.69) is 41.4 Å². The van der Waals surface area contributed by atoms with Gasteiger partial charge in [-0.3, -0.25) is 9.79 Å². The van der Waals surface area contributed by atoms with Gasteiger partial charge in [-0.2, -0.15) is 0 Å². The maximum absolute atomic E-state index is 11.7. The van der Waals surface area contributed by atoms with E-state index in [1.54, 1.807) is 16.7 Å². The van der Waals surface area contributed by atoms with Crippen molar-refractivity contribution in [2.45, 2.75) is 39.3 Å². The van der Waals surface area contributed by atoms with Gasteiger partial charge in [0.2, 0.25) is 5.56 Å². The van der Waals surface area contributed by atoms with E-state index >= 15 is 0 Å². The van der Waals surface area contributed by atoms with Gasteiger partial charge >= 0.3 is 0 Å². The van der Waals surface area contributed by atoms with E-state index in [0.717, 1.165) is 57.9 Å². The maximum atomic E-state index is 11.7. The second-order valence-electron chi connectivity index (χ2n) is 6.62. The third kappa shape index (κ3) is 6.09. The molecular formula is C21H29IN4O. The number of fused-ring (bicyclic) bond motifs is 1. The van der Waals surface area contributed by atoms with Crippen LogP contribution in [0.5, 0.6) is 0 Å². The Labute approximate surface area is 178 Å². The zero-order chi connectivity index (χ0) is 18.2. The summed E-state index contributed by atoms with van der Waals surface area (Å²) in [5, 5.41) is 3.42. The number of pyridine rings is 1. The minimum atomic E-state index is 0. The molecule has 1 aliphatic heterocycles. The molecule has 0 saturated heterocycles. The van der Waals surface area contributed by atoms with Crippen LogP contribution >= 0.6 is 24.0 Å². The average molecular weight is 480 g/mol. The van der Waals surface area contributed by atoms with E-state index in [1.165, 1.54) is 11.1 Å². The number of hydrogen-bond donors (Lipinski definition) is 1. The van der Waals surface area contributed by atoms with Gasteiger partial charge in [0.25, 0.3) is 0 Å². The van der Waals surface area contributed by atoms with E-state index < -0.39 is 0 Å². The monoisotopic (exact) mass is 480 g/mol. The number of aliphatic imine (C=N–C) groups is 1. The lowest BCUT2D eigenvalue weighted by atomic mass is 10.0. The predicted molar refractivity (Wildman–Crippen MR) is 122 cm³/mol. The van der Waals surface area contributed by atoms with Gasteiger partial charge in [0, 0.05) is 45.0 Å². The molecule has 1 aromatic heterocycles. The number of rotatable bonds is 6. The highest BCUT2D eigenvalue weighted by Crippen LogP contribution is 2.18. The van der Waals surface area contributed by atoms with Gasteiger partial charge in [-0.15, -0.1) is 24.0 Å². The van der Waals surface area contributed by atoms with Crippen LogP contribution in [0.4, 0.5) is 0 Å². The Balaban J connectivity index is 0.00000261. The lowest BCUT2D eigenvalue weighted by molar-refractivity contribution is 0.378. The zero-order valence-corrected chi connectivity index (χ0v) is 18.3. The Morgan fingerprint density at radius 2 is 1.89 bits per heavy atom. The zero-order valence-electron chi connectivity index (χ0n) is 15.9. The van der Waals surface area contributed by atoms with Gasteiger partial charge in [-0.25, -0.2) is 0 Å². The van der Waals surface area contributed by atoms with Crippen molar-refractivity contribution < 1.29 is 0 Å². The molecule has 6 heteroatoms. The van der Waals surface area contributed by atoms with E-state index in [1.807, 2.05) is 12.3 Å². The summed E-state index contributed by atoms with van der Waals surface area (Å²) in [6, 6.07) is 13.9. The lowest BCUT2D eigenvalue weighted by Crippen LogP contribution is -2.44. The fraction of sp³-hybridized carbons (Fsp3) is 0.429. The smallest absolute Gasteiger partial charge is 0.250 e. The van der Waals surface area contributed by atoms with Crippen LogP contribution in [0, 0.1) is 0 Å². The van der Waals surface area contributed by atoms with Crippen LogP contribution in [0.2, 0.25) is 0 Å². The number of aromatic nitrogens is 1. The van der Waals surface area contributed by atoms with Crippen molar-refractivity contribution in [2.24, 2.45) is 4.99 Å². The Kier molecular flexibility index (Phi) is 8.84. The third-order valence-electron chi connectivity index (χ3n) is 4.73. The Morgan fingerprint density at radius 1 is 1.11 bits per heavy atom. The van der Waals surface area contributed by atoms with Gasteiger partial charge in [0.05, 0.1) is 0 Å². The first kappa shape index (κ1) is 21.5. The summed E-state index contributed by atoms with van der Waals surface area (Å²) < 4.78 is 1.76. The van der Waals surface area contributed by atoms with Crippen LogP contribution in [0.1, 0.15) is 30.9 Å². The van der Waals surface area contributed by atoms with Crippen LogP contribution < -0.4 is 10.9 Å². The van der Waals surface area contributed by atoms with Crippen LogP contribution in [0.15, 0.2) is 58.4 Å². The predicted octanol–water partition coefficient (Wildman–Crippen LogP) is 3.27. The molecule has 0 aliphatic carbocycles. The van der Waals surface area contributed by atoms with Gasteiger partial charge in [0.15, 0.2) is 5.96 Å². The number of unbranched alkanes of at least 4 members (excludes halogenated alkanes) is 1. The number of nitrogens with one attached hydrogen (secondary N) is 1. The second kappa shape index (κ2) is 11.1. The van der Waals surface area contributed by atoms with Crippen molar-refractivity contribution in [3.8, 4) is 0 Å². The van der Waals surface area contributed by atoms with Crippen LogP contribution in [0.3, 0.4) is 0 Å². The van der Waals surface area contributed by atoms with Crippen molar-refractivity contribution in [1.82, 2.24) is 14.8 Å². The van der Waals surface area contributed by atoms with Crippen molar-refractivity contribution in [2.75, 3.05) is 19.6 Å². The van der Waals surface area contributed by atoms with Gasteiger partial charge in [0.1, 0.15) is 0 Å². The van der Waals surface area contributed by atoms with Crippen molar-refractivity contribution in [3.63, 3.8) is 0 Å². The minimum Gasteiger partial charge on any atom is -0.357 e. The highest BCUT2D eigenvalue weighted by molar-refractivity contribution is 14.0. The van der Waals surface area contributed by atoms with Gasteiger partial charge in [-0.1, -0.05) is 30.3 Å². The molecule has 1 N–H and O–H groups in total. The van der Waals surface area contributed by atoms with E-state index in [9.17, 15) is 4.79 Å². The normalized spacial score (nSPS) is 13.7. The van der Waals surface area contributed by atoms with Crippen molar-refractivity contribution in [3.05, 3.63) is 70.1 Å². The molecule has 0 amide bonds. The average Bonchev–Trinajstić information content (AvgIpc) is 2.68. The Bertz CT molecular complexity index is 803. The molecule has 5 nitrogen and oxygen atoms in total. The van der Waals surface area contributed by atoms with E-state index in [0.29, 0.717) is 0 Å². The number of nitrogens with zero attached hydrogens (tertiary/aromatic N) is 3. The molecule has 2 heterocycles. The SMILES string of the molecule is CCNC(=NCCCCn1ccccc1=O)N1CCc2ccccc2C1.I. The first-order valence-electron chi connectivity index (χ1n) is 9.53. The molecule has 3 rings (SSSR count). The third-order valence-corrected chi connectivity index (χ3v) is 4.73. The second-order valence-corrected chi connectivity index (χ2v) is 6.62. The quantitative estimate of drug-likeness (QED) is 0.299. The fourth-order valence-electron chi connectivity index (χ4n) is 3.33. The first-order chi connectivity index (χ1) is 12.8. The maximum Gasteiger partial charge on any atom is 0.250 e. The summed E-state index contributed by atoms with van der Waals surface area (Å²) in [7, 11) is 0. The number of halogens is 1. The molecule has 0 radical (unpaired) electrons. The highest BCUT2D eigenvalue weighted by atomic mass is 127. The summed E-state index contributed by atoms with van der Waals surface area (Å²) in [6.45, 7) is 6.43. The molecule has 0 saturated carbocycles.